The van der Waals surface area contributed by atoms with Gasteiger partial charge < -0.3 is 10.6 Å². The van der Waals surface area contributed by atoms with E-state index in [-0.39, 0.29) is 5.91 Å². The van der Waals surface area contributed by atoms with Crippen molar-refractivity contribution >= 4 is 11.6 Å². The fourth-order valence-corrected chi connectivity index (χ4v) is 3.85. The lowest BCUT2D eigenvalue weighted by molar-refractivity contribution is -0.116. The molecule has 27 heavy (non-hydrogen) atoms. The molecule has 146 valence electrons. The van der Waals surface area contributed by atoms with Gasteiger partial charge in [0.2, 0.25) is 5.91 Å². The number of carbonyl (C=O) groups is 1. The largest absolute Gasteiger partial charge is 0.330 e. The van der Waals surface area contributed by atoms with Crippen molar-refractivity contribution in [1.29, 1.82) is 0 Å². The van der Waals surface area contributed by atoms with Crippen LogP contribution >= 0.6 is 0 Å². The van der Waals surface area contributed by atoms with Crippen LogP contribution in [0.5, 0.6) is 0 Å². The summed E-state index contributed by atoms with van der Waals surface area (Å²) in [6.07, 6.45) is 2.96. The Hall–Kier alpha value is -2.13. The van der Waals surface area contributed by atoms with Crippen LogP contribution in [-0.2, 0) is 17.6 Å². The Bertz CT molecular complexity index is 726. The van der Waals surface area contributed by atoms with E-state index in [0.717, 1.165) is 24.9 Å². The lowest BCUT2D eigenvalue weighted by Crippen LogP contribution is -2.30. The minimum absolute atomic E-state index is 0.0962. The number of hydrogen-bond donors (Lipinski definition) is 1. The zero-order valence-electron chi connectivity index (χ0n) is 17.2. The molecule has 0 aliphatic carbocycles. The number of anilines is 1. The minimum Gasteiger partial charge on any atom is -0.330 e. The summed E-state index contributed by atoms with van der Waals surface area (Å²) in [4.78, 5) is 14.1. The predicted molar refractivity (Wildman–Crippen MR) is 115 cm³/mol. The first kappa shape index (κ1) is 21.2. The van der Waals surface area contributed by atoms with Crippen LogP contribution in [0.2, 0.25) is 0 Å². The van der Waals surface area contributed by atoms with E-state index in [2.05, 4.69) is 56.3 Å². The molecule has 2 aromatic carbocycles. The zero-order valence-corrected chi connectivity index (χ0v) is 17.2. The molecule has 0 radical (unpaired) electrons. The molecule has 0 aromatic heterocycles. The van der Waals surface area contributed by atoms with Crippen molar-refractivity contribution in [2.24, 2.45) is 11.7 Å². The van der Waals surface area contributed by atoms with Crippen LogP contribution in [0.1, 0.15) is 56.7 Å². The van der Waals surface area contributed by atoms with Gasteiger partial charge in [0.15, 0.2) is 0 Å². The van der Waals surface area contributed by atoms with E-state index < -0.39 is 0 Å². The van der Waals surface area contributed by atoms with Crippen LogP contribution in [0.25, 0.3) is 0 Å². The van der Waals surface area contributed by atoms with Gasteiger partial charge in [0.05, 0.1) is 0 Å². The molecule has 3 nitrogen and oxygen atoms in total. The molecule has 2 aromatic rings. The standard InChI is InChI=1S/C24H34N2O/c1-5-18(3)24-22(13-10-14-23(24)26(6-2)19(4)27)16-21(17-25)15-20-11-8-7-9-12-20/h7-14,18,21H,5-6,15-17,25H2,1-4H3/t18-,21?/m1/s1. The molecule has 2 rings (SSSR count). The third-order valence-corrected chi connectivity index (χ3v) is 5.47. The maximum atomic E-state index is 12.2. The molecule has 0 aliphatic rings. The van der Waals surface area contributed by atoms with Gasteiger partial charge in [-0.25, -0.2) is 0 Å². The monoisotopic (exact) mass is 366 g/mol. The highest BCUT2D eigenvalue weighted by atomic mass is 16.2. The van der Waals surface area contributed by atoms with Crippen LogP contribution in [0.15, 0.2) is 48.5 Å². The van der Waals surface area contributed by atoms with Crippen LogP contribution in [0.3, 0.4) is 0 Å². The fraction of sp³-hybridized carbons (Fsp3) is 0.458. The number of hydrogen-bond acceptors (Lipinski definition) is 2. The quantitative estimate of drug-likeness (QED) is 0.684. The highest BCUT2D eigenvalue weighted by Gasteiger charge is 2.21. The summed E-state index contributed by atoms with van der Waals surface area (Å²) in [7, 11) is 0. The van der Waals surface area contributed by atoms with Gasteiger partial charge in [-0.15, -0.1) is 0 Å². The highest BCUT2D eigenvalue weighted by molar-refractivity contribution is 5.92. The maximum Gasteiger partial charge on any atom is 0.223 e. The summed E-state index contributed by atoms with van der Waals surface area (Å²) < 4.78 is 0. The Labute approximate surface area is 164 Å². The lowest BCUT2D eigenvalue weighted by atomic mass is 9.85. The number of benzene rings is 2. The smallest absolute Gasteiger partial charge is 0.223 e. The molecule has 0 saturated carbocycles. The Balaban J connectivity index is 2.38. The van der Waals surface area contributed by atoms with E-state index in [1.807, 2.05) is 17.9 Å². The first-order valence-electron chi connectivity index (χ1n) is 10.2. The minimum atomic E-state index is 0.0962. The topological polar surface area (TPSA) is 46.3 Å². The number of carbonyl (C=O) groups excluding carboxylic acids is 1. The number of nitrogens with two attached hydrogens (primary N) is 1. The van der Waals surface area contributed by atoms with Crippen molar-refractivity contribution < 1.29 is 4.79 Å². The van der Waals surface area contributed by atoms with E-state index in [0.29, 0.717) is 24.9 Å². The Morgan fingerprint density at radius 3 is 2.30 bits per heavy atom. The van der Waals surface area contributed by atoms with Gasteiger partial charge in [-0.2, -0.15) is 0 Å². The number of nitrogens with zero attached hydrogens (tertiary/aromatic N) is 1. The van der Waals surface area contributed by atoms with Gasteiger partial charge in [0.1, 0.15) is 0 Å². The average Bonchev–Trinajstić information content (AvgIpc) is 2.68. The summed E-state index contributed by atoms with van der Waals surface area (Å²) in [5.74, 6) is 0.886. The molecule has 1 unspecified atom stereocenters. The summed E-state index contributed by atoms with van der Waals surface area (Å²) in [6, 6.07) is 16.9. The van der Waals surface area contributed by atoms with Crippen molar-refractivity contribution in [2.45, 2.75) is 52.9 Å². The van der Waals surface area contributed by atoms with Crippen molar-refractivity contribution in [2.75, 3.05) is 18.0 Å². The second-order valence-corrected chi connectivity index (χ2v) is 7.42. The molecule has 1 amide bonds. The summed E-state index contributed by atoms with van der Waals surface area (Å²) in [5.41, 5.74) is 11.2. The Morgan fingerprint density at radius 1 is 1.04 bits per heavy atom. The molecule has 0 spiro atoms. The third-order valence-electron chi connectivity index (χ3n) is 5.47. The summed E-state index contributed by atoms with van der Waals surface area (Å²) >= 11 is 0. The average molecular weight is 367 g/mol. The highest BCUT2D eigenvalue weighted by Crippen LogP contribution is 2.34. The molecular formula is C24H34N2O. The van der Waals surface area contributed by atoms with Gasteiger partial charge >= 0.3 is 0 Å². The van der Waals surface area contributed by atoms with Gasteiger partial charge in [-0.3, -0.25) is 4.79 Å². The van der Waals surface area contributed by atoms with Gasteiger partial charge in [0.25, 0.3) is 0 Å². The van der Waals surface area contributed by atoms with E-state index in [1.54, 1.807) is 6.92 Å². The number of amides is 1. The van der Waals surface area contributed by atoms with Gasteiger partial charge in [0, 0.05) is 19.2 Å². The molecule has 0 bridgehead atoms. The second-order valence-electron chi connectivity index (χ2n) is 7.42. The van der Waals surface area contributed by atoms with E-state index in [9.17, 15) is 4.79 Å². The van der Waals surface area contributed by atoms with Crippen molar-refractivity contribution in [3.05, 3.63) is 65.2 Å². The van der Waals surface area contributed by atoms with Gasteiger partial charge in [-0.1, -0.05) is 56.3 Å². The van der Waals surface area contributed by atoms with Crippen LogP contribution < -0.4 is 10.6 Å². The maximum absolute atomic E-state index is 12.2. The zero-order chi connectivity index (χ0) is 19.8. The van der Waals surface area contributed by atoms with E-state index >= 15 is 0 Å². The normalized spacial score (nSPS) is 13.2. The van der Waals surface area contributed by atoms with E-state index in [1.165, 1.54) is 16.7 Å². The lowest BCUT2D eigenvalue weighted by Gasteiger charge is -2.28. The van der Waals surface area contributed by atoms with Crippen LogP contribution in [0, 0.1) is 5.92 Å². The molecular weight excluding hydrogens is 332 g/mol. The fourth-order valence-electron chi connectivity index (χ4n) is 3.85. The molecule has 3 heteroatoms. The molecule has 2 atom stereocenters. The molecule has 0 heterocycles. The Morgan fingerprint density at radius 2 is 1.74 bits per heavy atom. The molecule has 0 aliphatic heterocycles. The predicted octanol–water partition coefficient (Wildman–Crippen LogP) is 4.93. The number of rotatable bonds is 9. The first-order chi connectivity index (χ1) is 13.0. The van der Waals surface area contributed by atoms with Crippen molar-refractivity contribution in [3.63, 3.8) is 0 Å². The van der Waals surface area contributed by atoms with Crippen molar-refractivity contribution in [1.82, 2.24) is 0 Å². The second kappa shape index (κ2) is 10.3. The van der Waals surface area contributed by atoms with Crippen LogP contribution in [0.4, 0.5) is 5.69 Å². The Kier molecular flexibility index (Phi) is 8.05. The molecule has 2 N–H and O–H groups in total. The third kappa shape index (κ3) is 5.43. The molecule has 0 fully saturated rings. The SMILES string of the molecule is CC[C@@H](C)c1c(CC(CN)Cc2ccccc2)cccc1N(CC)C(C)=O. The van der Waals surface area contributed by atoms with E-state index in [4.69, 9.17) is 5.73 Å². The summed E-state index contributed by atoms with van der Waals surface area (Å²) in [6.45, 7) is 9.49. The van der Waals surface area contributed by atoms with Crippen LogP contribution in [-0.4, -0.2) is 19.0 Å². The van der Waals surface area contributed by atoms with Crippen molar-refractivity contribution in [3.8, 4) is 0 Å². The van der Waals surface area contributed by atoms with Gasteiger partial charge in [-0.05, 0) is 67.3 Å². The molecule has 0 saturated heterocycles. The first-order valence-corrected chi connectivity index (χ1v) is 10.2. The summed E-state index contributed by atoms with van der Waals surface area (Å²) in [5, 5.41) is 0.